The number of alkyl halides is 1. The SMILES string of the molecule is C=CC(CC)c1ccc(-c2ccc(C#CC3CCC(Cl)CC3)cc2)cc1. The van der Waals surface area contributed by atoms with Crippen molar-refractivity contribution in [1.82, 2.24) is 0 Å². The maximum absolute atomic E-state index is 6.17. The Morgan fingerprint density at radius 1 is 1.00 bits per heavy atom. The minimum Gasteiger partial charge on any atom is -0.123 e. The van der Waals surface area contributed by atoms with Crippen LogP contribution in [0.3, 0.4) is 0 Å². The summed E-state index contributed by atoms with van der Waals surface area (Å²) in [6, 6.07) is 17.4. The molecule has 1 atom stereocenters. The first-order chi connectivity index (χ1) is 12.7. The van der Waals surface area contributed by atoms with Gasteiger partial charge in [0, 0.05) is 22.8 Å². The van der Waals surface area contributed by atoms with Crippen LogP contribution < -0.4 is 0 Å². The third kappa shape index (κ3) is 4.80. The van der Waals surface area contributed by atoms with Gasteiger partial charge >= 0.3 is 0 Å². The first-order valence-electron chi connectivity index (χ1n) is 9.68. The Balaban J connectivity index is 1.67. The van der Waals surface area contributed by atoms with Gasteiger partial charge in [-0.2, -0.15) is 0 Å². The van der Waals surface area contributed by atoms with Crippen LogP contribution in [0.5, 0.6) is 0 Å². The highest BCUT2D eigenvalue weighted by Crippen LogP contribution is 2.27. The Bertz CT molecular complexity index is 766. The molecule has 1 fully saturated rings. The zero-order valence-electron chi connectivity index (χ0n) is 15.5. The van der Waals surface area contributed by atoms with Gasteiger partial charge in [0.05, 0.1) is 0 Å². The molecule has 1 aliphatic rings. The van der Waals surface area contributed by atoms with Gasteiger partial charge in [0.25, 0.3) is 0 Å². The van der Waals surface area contributed by atoms with Crippen LogP contribution in [0, 0.1) is 17.8 Å². The molecular weight excluding hydrogens is 336 g/mol. The van der Waals surface area contributed by atoms with Crippen molar-refractivity contribution in [2.45, 2.75) is 50.3 Å². The van der Waals surface area contributed by atoms with Gasteiger partial charge in [0.2, 0.25) is 0 Å². The highest BCUT2D eigenvalue weighted by molar-refractivity contribution is 6.20. The Morgan fingerprint density at radius 3 is 2.12 bits per heavy atom. The van der Waals surface area contributed by atoms with E-state index in [9.17, 15) is 0 Å². The van der Waals surface area contributed by atoms with Crippen LogP contribution in [-0.4, -0.2) is 5.38 Å². The van der Waals surface area contributed by atoms with Crippen LogP contribution in [0.15, 0.2) is 61.2 Å². The van der Waals surface area contributed by atoms with Crippen molar-refractivity contribution in [3.63, 3.8) is 0 Å². The lowest BCUT2D eigenvalue weighted by Gasteiger charge is -2.20. The molecule has 134 valence electrons. The third-order valence-corrected chi connectivity index (χ3v) is 5.80. The average Bonchev–Trinajstić information content (AvgIpc) is 2.69. The lowest BCUT2D eigenvalue weighted by Crippen LogP contribution is -2.12. The van der Waals surface area contributed by atoms with E-state index in [-0.39, 0.29) is 0 Å². The number of benzene rings is 2. The number of halogens is 1. The van der Waals surface area contributed by atoms with Crippen LogP contribution in [0.4, 0.5) is 0 Å². The summed E-state index contributed by atoms with van der Waals surface area (Å²) < 4.78 is 0. The monoisotopic (exact) mass is 362 g/mol. The second kappa shape index (κ2) is 9.11. The second-order valence-corrected chi connectivity index (χ2v) is 7.79. The van der Waals surface area contributed by atoms with Crippen molar-refractivity contribution in [3.8, 4) is 23.0 Å². The van der Waals surface area contributed by atoms with Crippen molar-refractivity contribution in [2.75, 3.05) is 0 Å². The summed E-state index contributed by atoms with van der Waals surface area (Å²) in [7, 11) is 0. The summed E-state index contributed by atoms with van der Waals surface area (Å²) in [5.41, 5.74) is 4.90. The van der Waals surface area contributed by atoms with E-state index in [4.69, 9.17) is 11.6 Å². The van der Waals surface area contributed by atoms with E-state index in [0.29, 0.717) is 17.2 Å². The smallest absolute Gasteiger partial charge is 0.0337 e. The van der Waals surface area contributed by atoms with E-state index >= 15 is 0 Å². The highest BCUT2D eigenvalue weighted by Gasteiger charge is 2.17. The van der Waals surface area contributed by atoms with Crippen molar-refractivity contribution in [1.29, 1.82) is 0 Å². The van der Waals surface area contributed by atoms with E-state index < -0.39 is 0 Å². The minimum absolute atomic E-state index is 0.359. The molecule has 0 nitrogen and oxygen atoms in total. The summed E-state index contributed by atoms with van der Waals surface area (Å²) >= 11 is 6.17. The van der Waals surface area contributed by atoms with E-state index in [1.54, 1.807) is 0 Å². The summed E-state index contributed by atoms with van der Waals surface area (Å²) in [4.78, 5) is 0. The molecule has 0 spiro atoms. The second-order valence-electron chi connectivity index (χ2n) is 7.17. The summed E-state index contributed by atoms with van der Waals surface area (Å²) in [6.45, 7) is 6.13. The van der Waals surface area contributed by atoms with Gasteiger partial charge in [0.15, 0.2) is 0 Å². The Hall–Kier alpha value is -1.97. The van der Waals surface area contributed by atoms with Gasteiger partial charge in [-0.3, -0.25) is 0 Å². The quantitative estimate of drug-likeness (QED) is 0.307. The predicted molar refractivity (Wildman–Crippen MR) is 114 cm³/mol. The summed E-state index contributed by atoms with van der Waals surface area (Å²) in [5, 5.41) is 0.359. The van der Waals surface area contributed by atoms with Gasteiger partial charge in [-0.25, -0.2) is 0 Å². The maximum Gasteiger partial charge on any atom is 0.0337 e. The first kappa shape index (κ1) is 18.8. The zero-order chi connectivity index (χ0) is 18.4. The van der Waals surface area contributed by atoms with Gasteiger partial charge in [-0.1, -0.05) is 61.2 Å². The molecule has 0 aliphatic heterocycles. The topological polar surface area (TPSA) is 0 Å². The molecule has 0 heterocycles. The minimum atomic E-state index is 0.359. The highest BCUT2D eigenvalue weighted by atomic mass is 35.5. The fraction of sp³-hybridized carbons (Fsp3) is 0.360. The first-order valence-corrected chi connectivity index (χ1v) is 10.1. The van der Waals surface area contributed by atoms with Gasteiger partial charge in [-0.05, 0) is 60.9 Å². The third-order valence-electron chi connectivity index (χ3n) is 5.36. The average molecular weight is 363 g/mol. The van der Waals surface area contributed by atoms with Gasteiger partial charge < -0.3 is 0 Å². The fourth-order valence-electron chi connectivity index (χ4n) is 3.59. The standard InChI is InChI=1S/C25H27Cl/c1-3-21(4-2)22-13-15-24(16-14-22)23-11-7-19(8-12-23)5-6-20-9-17-25(26)18-10-20/h3,7-8,11-16,20-21,25H,1,4,9-10,17-18H2,2H3. The molecular formula is C25H27Cl. The molecule has 0 bridgehead atoms. The molecule has 0 N–H and O–H groups in total. The van der Waals surface area contributed by atoms with Crippen LogP contribution >= 0.6 is 11.6 Å². The largest absolute Gasteiger partial charge is 0.123 e. The Morgan fingerprint density at radius 2 is 1.58 bits per heavy atom. The fourth-order valence-corrected chi connectivity index (χ4v) is 3.84. The van der Waals surface area contributed by atoms with Gasteiger partial charge in [-0.15, -0.1) is 18.2 Å². The van der Waals surface area contributed by atoms with Crippen molar-refractivity contribution in [3.05, 3.63) is 72.3 Å². The molecule has 0 saturated heterocycles. The molecule has 2 aromatic rings. The van der Waals surface area contributed by atoms with E-state index in [2.05, 4.69) is 73.9 Å². The number of rotatable bonds is 4. The van der Waals surface area contributed by atoms with Crippen LogP contribution in [0.1, 0.15) is 56.1 Å². The van der Waals surface area contributed by atoms with Crippen molar-refractivity contribution in [2.24, 2.45) is 5.92 Å². The summed E-state index contributed by atoms with van der Waals surface area (Å²) in [6.07, 6.45) is 7.58. The molecule has 1 heteroatoms. The molecule has 0 radical (unpaired) electrons. The predicted octanol–water partition coefficient (Wildman–Crippen LogP) is 7.18. The van der Waals surface area contributed by atoms with E-state index in [1.165, 1.54) is 16.7 Å². The summed E-state index contributed by atoms with van der Waals surface area (Å²) in [5.74, 6) is 7.72. The van der Waals surface area contributed by atoms with Gasteiger partial charge in [0.1, 0.15) is 0 Å². The molecule has 26 heavy (non-hydrogen) atoms. The lowest BCUT2D eigenvalue weighted by atomic mass is 9.89. The van der Waals surface area contributed by atoms with E-state index in [1.807, 2.05) is 6.08 Å². The molecule has 2 aromatic carbocycles. The molecule has 1 unspecified atom stereocenters. The lowest BCUT2D eigenvalue weighted by molar-refractivity contribution is 0.436. The molecule has 3 rings (SSSR count). The van der Waals surface area contributed by atoms with E-state index in [0.717, 1.165) is 37.7 Å². The van der Waals surface area contributed by atoms with Crippen LogP contribution in [-0.2, 0) is 0 Å². The van der Waals surface area contributed by atoms with Crippen molar-refractivity contribution >= 4 is 11.6 Å². The molecule has 1 saturated carbocycles. The number of hydrogen-bond acceptors (Lipinski definition) is 0. The molecule has 0 amide bonds. The molecule has 0 aromatic heterocycles. The Labute approximate surface area is 163 Å². The number of allylic oxidation sites excluding steroid dienone is 1. The van der Waals surface area contributed by atoms with Crippen molar-refractivity contribution < 1.29 is 0 Å². The zero-order valence-corrected chi connectivity index (χ0v) is 16.3. The Kier molecular flexibility index (Phi) is 6.59. The molecule has 1 aliphatic carbocycles. The maximum atomic E-state index is 6.17. The normalized spacial score (nSPS) is 20.7. The van der Waals surface area contributed by atoms with Crippen LogP contribution in [0.25, 0.3) is 11.1 Å². The number of hydrogen-bond donors (Lipinski definition) is 0. The van der Waals surface area contributed by atoms with Crippen LogP contribution in [0.2, 0.25) is 0 Å².